The van der Waals surface area contributed by atoms with Gasteiger partial charge in [-0.15, -0.1) is 6.58 Å². The standard InChI is InChI=1S/C31H48O2/c1-3-4-21-32-22-23-33-31-19-17-30(18-20-31)29-15-13-28(14-16-29)27-11-9-26(10-12-27)25-7-5-24(2)6-8-25/h3,9-12,24-25,28-31H,1,4-8,13-23H2,2H3. The average Bonchev–Trinajstić information content (AvgIpc) is 2.87. The highest BCUT2D eigenvalue weighted by Crippen LogP contribution is 2.44. The molecule has 0 aromatic heterocycles. The molecule has 1 aromatic rings. The monoisotopic (exact) mass is 452 g/mol. The summed E-state index contributed by atoms with van der Waals surface area (Å²) < 4.78 is 11.7. The predicted octanol–water partition coefficient (Wildman–Crippen LogP) is 8.42. The van der Waals surface area contributed by atoms with Crippen molar-refractivity contribution in [2.45, 2.75) is 108 Å². The summed E-state index contributed by atoms with van der Waals surface area (Å²) in [5.41, 5.74) is 3.20. The molecule has 1 aromatic carbocycles. The fraction of sp³-hybridized carbons (Fsp3) is 0.742. The van der Waals surface area contributed by atoms with Crippen molar-refractivity contribution in [2.75, 3.05) is 19.8 Å². The van der Waals surface area contributed by atoms with Crippen molar-refractivity contribution < 1.29 is 9.47 Å². The van der Waals surface area contributed by atoms with Crippen LogP contribution in [-0.2, 0) is 9.47 Å². The SMILES string of the molecule is C=CCCOCCOC1CCC(C2CCC(c3ccc(C4CCC(C)CC4)cc3)CC2)CC1. The van der Waals surface area contributed by atoms with Gasteiger partial charge in [-0.05, 0) is 111 Å². The number of rotatable bonds is 10. The Morgan fingerprint density at radius 2 is 1.21 bits per heavy atom. The van der Waals surface area contributed by atoms with Crippen molar-refractivity contribution in [1.82, 2.24) is 0 Å². The Morgan fingerprint density at radius 3 is 1.76 bits per heavy atom. The fourth-order valence-electron chi connectivity index (χ4n) is 6.83. The van der Waals surface area contributed by atoms with E-state index in [2.05, 4.69) is 37.8 Å². The minimum absolute atomic E-state index is 0.464. The zero-order valence-corrected chi connectivity index (χ0v) is 21.2. The van der Waals surface area contributed by atoms with Gasteiger partial charge in [0.15, 0.2) is 0 Å². The van der Waals surface area contributed by atoms with E-state index in [1.165, 1.54) is 77.0 Å². The van der Waals surface area contributed by atoms with Gasteiger partial charge in [-0.25, -0.2) is 0 Å². The molecule has 0 radical (unpaired) electrons. The van der Waals surface area contributed by atoms with Gasteiger partial charge in [0.1, 0.15) is 0 Å². The summed E-state index contributed by atoms with van der Waals surface area (Å²) in [5.74, 6) is 4.43. The van der Waals surface area contributed by atoms with E-state index in [1.54, 1.807) is 11.1 Å². The molecule has 4 rings (SSSR count). The van der Waals surface area contributed by atoms with Gasteiger partial charge in [-0.2, -0.15) is 0 Å². The van der Waals surface area contributed by atoms with Gasteiger partial charge in [-0.1, -0.05) is 50.1 Å². The fourth-order valence-corrected chi connectivity index (χ4v) is 6.83. The molecule has 0 heterocycles. The van der Waals surface area contributed by atoms with E-state index >= 15 is 0 Å². The quantitative estimate of drug-likeness (QED) is 0.262. The Labute approximate surface area is 203 Å². The van der Waals surface area contributed by atoms with Crippen LogP contribution in [0.4, 0.5) is 0 Å². The first-order valence-electron chi connectivity index (χ1n) is 14.1. The van der Waals surface area contributed by atoms with Crippen molar-refractivity contribution in [3.63, 3.8) is 0 Å². The highest BCUT2D eigenvalue weighted by molar-refractivity contribution is 5.28. The smallest absolute Gasteiger partial charge is 0.0704 e. The molecule has 184 valence electrons. The van der Waals surface area contributed by atoms with Crippen molar-refractivity contribution in [2.24, 2.45) is 17.8 Å². The van der Waals surface area contributed by atoms with Crippen LogP contribution in [0.2, 0.25) is 0 Å². The Hall–Kier alpha value is -1.12. The normalized spacial score (nSPS) is 33.0. The molecule has 33 heavy (non-hydrogen) atoms. The van der Waals surface area contributed by atoms with Crippen LogP contribution in [0.25, 0.3) is 0 Å². The highest BCUT2D eigenvalue weighted by Gasteiger charge is 2.31. The lowest BCUT2D eigenvalue weighted by Gasteiger charge is -2.38. The van der Waals surface area contributed by atoms with Crippen LogP contribution in [0, 0.1) is 17.8 Å². The van der Waals surface area contributed by atoms with Crippen LogP contribution in [-0.4, -0.2) is 25.9 Å². The Kier molecular flexibility index (Phi) is 9.92. The minimum atomic E-state index is 0.464. The van der Waals surface area contributed by atoms with Crippen molar-refractivity contribution >= 4 is 0 Å². The Morgan fingerprint density at radius 1 is 0.697 bits per heavy atom. The molecule has 0 bridgehead atoms. The molecule has 0 aliphatic heterocycles. The van der Waals surface area contributed by atoms with Crippen LogP contribution in [0.5, 0.6) is 0 Å². The lowest BCUT2D eigenvalue weighted by atomic mass is 9.69. The van der Waals surface area contributed by atoms with E-state index in [4.69, 9.17) is 9.47 Å². The zero-order valence-electron chi connectivity index (χ0n) is 21.2. The lowest BCUT2D eigenvalue weighted by molar-refractivity contribution is -0.0214. The molecule has 3 aliphatic rings. The van der Waals surface area contributed by atoms with E-state index < -0.39 is 0 Å². The van der Waals surface area contributed by atoms with Crippen molar-refractivity contribution in [3.05, 3.63) is 48.0 Å². The molecule has 0 amide bonds. The van der Waals surface area contributed by atoms with Crippen LogP contribution >= 0.6 is 0 Å². The maximum Gasteiger partial charge on any atom is 0.0704 e. The second kappa shape index (κ2) is 13.1. The van der Waals surface area contributed by atoms with Crippen LogP contribution in [0.1, 0.15) is 113 Å². The summed E-state index contributed by atoms with van der Waals surface area (Å²) in [6.07, 6.45) is 19.8. The van der Waals surface area contributed by atoms with E-state index in [0.717, 1.165) is 55.8 Å². The van der Waals surface area contributed by atoms with Gasteiger partial charge >= 0.3 is 0 Å². The highest BCUT2D eigenvalue weighted by atomic mass is 16.5. The van der Waals surface area contributed by atoms with E-state index in [0.29, 0.717) is 6.10 Å². The summed E-state index contributed by atoms with van der Waals surface area (Å²) in [6, 6.07) is 9.88. The molecule has 3 fully saturated rings. The third-order valence-electron chi connectivity index (χ3n) is 9.10. The third-order valence-corrected chi connectivity index (χ3v) is 9.10. The average molecular weight is 453 g/mol. The molecule has 0 spiro atoms. The van der Waals surface area contributed by atoms with E-state index in [-0.39, 0.29) is 0 Å². The number of ether oxygens (including phenoxy) is 2. The second-order valence-electron chi connectivity index (χ2n) is 11.3. The van der Waals surface area contributed by atoms with Gasteiger partial charge < -0.3 is 9.47 Å². The second-order valence-corrected chi connectivity index (χ2v) is 11.3. The van der Waals surface area contributed by atoms with Crippen LogP contribution in [0.15, 0.2) is 36.9 Å². The lowest BCUT2D eigenvalue weighted by Crippen LogP contribution is -2.29. The summed E-state index contributed by atoms with van der Waals surface area (Å²) >= 11 is 0. The van der Waals surface area contributed by atoms with Gasteiger partial charge in [0.2, 0.25) is 0 Å². The first-order valence-corrected chi connectivity index (χ1v) is 14.1. The molecule has 0 unspecified atom stereocenters. The topological polar surface area (TPSA) is 18.5 Å². The molecule has 3 saturated carbocycles. The molecule has 0 N–H and O–H groups in total. The summed E-state index contributed by atoms with van der Waals surface area (Å²) in [7, 11) is 0. The number of hydrogen-bond acceptors (Lipinski definition) is 2. The maximum absolute atomic E-state index is 6.08. The van der Waals surface area contributed by atoms with Crippen LogP contribution in [0.3, 0.4) is 0 Å². The number of hydrogen-bond donors (Lipinski definition) is 0. The first-order chi connectivity index (χ1) is 16.2. The van der Waals surface area contributed by atoms with Gasteiger partial charge in [0.05, 0.1) is 25.9 Å². The van der Waals surface area contributed by atoms with Crippen molar-refractivity contribution in [1.29, 1.82) is 0 Å². The molecule has 2 heteroatoms. The molecule has 3 aliphatic carbocycles. The van der Waals surface area contributed by atoms with E-state index in [9.17, 15) is 0 Å². The van der Waals surface area contributed by atoms with Gasteiger partial charge in [0.25, 0.3) is 0 Å². The summed E-state index contributed by atoms with van der Waals surface area (Å²) in [5, 5.41) is 0. The molecule has 2 nitrogen and oxygen atoms in total. The predicted molar refractivity (Wildman–Crippen MR) is 139 cm³/mol. The Bertz CT molecular complexity index is 671. The first kappa shape index (κ1) is 25.0. The summed E-state index contributed by atoms with van der Waals surface area (Å²) in [6.45, 7) is 8.38. The maximum atomic E-state index is 6.08. The van der Waals surface area contributed by atoms with Gasteiger partial charge in [-0.3, -0.25) is 0 Å². The third kappa shape index (κ3) is 7.43. The van der Waals surface area contributed by atoms with E-state index in [1.807, 2.05) is 6.08 Å². The molecular weight excluding hydrogens is 404 g/mol. The largest absolute Gasteiger partial charge is 0.379 e. The molecular formula is C31H48O2. The summed E-state index contributed by atoms with van der Waals surface area (Å²) in [4.78, 5) is 0. The zero-order chi connectivity index (χ0) is 22.9. The van der Waals surface area contributed by atoms with Crippen LogP contribution < -0.4 is 0 Å². The Balaban J connectivity index is 1.14. The molecule has 0 saturated heterocycles. The number of benzene rings is 1. The van der Waals surface area contributed by atoms with Crippen molar-refractivity contribution in [3.8, 4) is 0 Å². The minimum Gasteiger partial charge on any atom is -0.379 e. The van der Waals surface area contributed by atoms with Gasteiger partial charge in [0, 0.05) is 0 Å². The molecule has 0 atom stereocenters.